The maximum absolute atomic E-state index is 8.77. The molecular weight excluding hydrogens is 170 g/mol. The molecule has 0 saturated heterocycles. The summed E-state index contributed by atoms with van der Waals surface area (Å²) in [5.41, 5.74) is 2.03. The van der Waals surface area contributed by atoms with E-state index < -0.39 is 0 Å². The molecule has 2 nitrogen and oxygen atoms in total. The summed E-state index contributed by atoms with van der Waals surface area (Å²) in [5.74, 6) is 0. The number of fused-ring (bicyclic) bond motifs is 1. The molecule has 0 aliphatic heterocycles. The fraction of sp³-hybridized carbons (Fsp3) is 0.444. The van der Waals surface area contributed by atoms with Crippen molar-refractivity contribution in [3.63, 3.8) is 0 Å². The SMILES string of the molecule is O/N=C1\CCCCc2sccc21. The maximum Gasteiger partial charge on any atom is 0.0878 e. The average molecular weight is 181 g/mol. The van der Waals surface area contributed by atoms with E-state index in [2.05, 4.69) is 16.6 Å². The fourth-order valence-electron chi connectivity index (χ4n) is 1.61. The first-order valence-electron chi connectivity index (χ1n) is 4.19. The van der Waals surface area contributed by atoms with Gasteiger partial charge >= 0.3 is 0 Å². The van der Waals surface area contributed by atoms with E-state index in [1.54, 1.807) is 11.3 Å². The Morgan fingerprint density at radius 2 is 2.17 bits per heavy atom. The molecule has 0 atom stereocenters. The number of hydrogen-bond donors (Lipinski definition) is 1. The van der Waals surface area contributed by atoms with Gasteiger partial charge in [-0.2, -0.15) is 0 Å². The molecule has 0 bridgehead atoms. The van der Waals surface area contributed by atoms with Crippen LogP contribution in [0.15, 0.2) is 16.6 Å². The molecular formula is C9H11NOS. The van der Waals surface area contributed by atoms with Crippen LogP contribution in [0.5, 0.6) is 0 Å². The smallest absolute Gasteiger partial charge is 0.0878 e. The summed E-state index contributed by atoms with van der Waals surface area (Å²) < 4.78 is 0. The quantitative estimate of drug-likeness (QED) is 0.372. The summed E-state index contributed by atoms with van der Waals surface area (Å²) in [6, 6.07) is 2.06. The minimum atomic E-state index is 0.865. The second kappa shape index (κ2) is 3.27. The third kappa shape index (κ3) is 1.25. The highest BCUT2D eigenvalue weighted by molar-refractivity contribution is 7.10. The lowest BCUT2D eigenvalue weighted by molar-refractivity contribution is 0.318. The van der Waals surface area contributed by atoms with E-state index in [0.29, 0.717) is 0 Å². The molecule has 0 amide bonds. The Morgan fingerprint density at radius 1 is 1.33 bits per heavy atom. The second-order valence-corrected chi connectivity index (χ2v) is 4.01. The van der Waals surface area contributed by atoms with Gasteiger partial charge in [0.2, 0.25) is 0 Å². The van der Waals surface area contributed by atoms with Gasteiger partial charge in [-0.1, -0.05) is 5.16 Å². The van der Waals surface area contributed by atoms with E-state index in [1.807, 2.05) is 0 Å². The van der Waals surface area contributed by atoms with Crippen LogP contribution in [0.25, 0.3) is 0 Å². The predicted molar refractivity (Wildman–Crippen MR) is 50.2 cm³/mol. The number of thiophene rings is 1. The molecule has 0 saturated carbocycles. The summed E-state index contributed by atoms with van der Waals surface area (Å²) in [6.45, 7) is 0. The van der Waals surface area contributed by atoms with Crippen molar-refractivity contribution in [1.29, 1.82) is 0 Å². The van der Waals surface area contributed by atoms with Crippen molar-refractivity contribution in [2.45, 2.75) is 25.7 Å². The van der Waals surface area contributed by atoms with Crippen molar-refractivity contribution in [3.05, 3.63) is 21.9 Å². The summed E-state index contributed by atoms with van der Waals surface area (Å²) in [4.78, 5) is 1.38. The lowest BCUT2D eigenvalue weighted by atomic mass is 10.1. The topological polar surface area (TPSA) is 32.6 Å². The van der Waals surface area contributed by atoms with E-state index in [-0.39, 0.29) is 0 Å². The molecule has 3 heteroatoms. The summed E-state index contributed by atoms with van der Waals surface area (Å²) >= 11 is 1.77. The van der Waals surface area contributed by atoms with E-state index in [9.17, 15) is 0 Å². The van der Waals surface area contributed by atoms with Crippen LogP contribution in [0.4, 0.5) is 0 Å². The van der Waals surface area contributed by atoms with Crippen molar-refractivity contribution >= 4 is 17.0 Å². The monoisotopic (exact) mass is 181 g/mol. The molecule has 1 heterocycles. The highest BCUT2D eigenvalue weighted by Gasteiger charge is 2.14. The number of aryl methyl sites for hydroxylation is 1. The Kier molecular flexibility index (Phi) is 2.13. The second-order valence-electron chi connectivity index (χ2n) is 3.01. The van der Waals surface area contributed by atoms with Gasteiger partial charge in [0.1, 0.15) is 0 Å². The number of nitrogens with zero attached hydrogens (tertiary/aromatic N) is 1. The standard InChI is InChI=1S/C9H11NOS/c11-10-8-3-1-2-4-9-7(8)5-6-12-9/h5-6,11H,1-4H2/b10-8+. The summed E-state index contributed by atoms with van der Waals surface area (Å²) in [5, 5.41) is 14.2. The highest BCUT2D eigenvalue weighted by atomic mass is 32.1. The molecule has 12 heavy (non-hydrogen) atoms. The van der Waals surface area contributed by atoms with Gasteiger partial charge in [0, 0.05) is 10.4 Å². The van der Waals surface area contributed by atoms with E-state index >= 15 is 0 Å². The van der Waals surface area contributed by atoms with Gasteiger partial charge < -0.3 is 5.21 Å². The molecule has 1 aliphatic carbocycles. The maximum atomic E-state index is 8.77. The molecule has 0 aromatic carbocycles. The molecule has 64 valence electrons. The summed E-state index contributed by atoms with van der Waals surface area (Å²) in [7, 11) is 0. The van der Waals surface area contributed by atoms with E-state index in [1.165, 1.54) is 16.9 Å². The number of rotatable bonds is 0. The zero-order valence-electron chi connectivity index (χ0n) is 6.79. The molecule has 0 spiro atoms. The van der Waals surface area contributed by atoms with Gasteiger partial charge in [0.25, 0.3) is 0 Å². The van der Waals surface area contributed by atoms with Gasteiger partial charge in [0.15, 0.2) is 0 Å². The first-order valence-corrected chi connectivity index (χ1v) is 5.07. The van der Waals surface area contributed by atoms with Crippen LogP contribution in [0, 0.1) is 0 Å². The molecule has 1 aliphatic rings. The minimum Gasteiger partial charge on any atom is -0.411 e. The van der Waals surface area contributed by atoms with Crippen molar-refractivity contribution in [2.24, 2.45) is 5.16 Å². The average Bonchev–Trinajstić information content (AvgIpc) is 2.46. The Labute approximate surface area is 75.5 Å². The van der Waals surface area contributed by atoms with Crippen LogP contribution >= 0.6 is 11.3 Å². The number of oxime groups is 1. The lowest BCUT2D eigenvalue weighted by Crippen LogP contribution is -1.98. The van der Waals surface area contributed by atoms with E-state index in [4.69, 9.17) is 5.21 Å². The molecule has 1 aromatic rings. The third-order valence-electron chi connectivity index (χ3n) is 2.24. The Bertz CT molecular complexity index is 303. The van der Waals surface area contributed by atoms with Gasteiger partial charge in [-0.15, -0.1) is 11.3 Å². The van der Waals surface area contributed by atoms with Gasteiger partial charge in [0.05, 0.1) is 5.71 Å². The minimum absolute atomic E-state index is 0.865. The van der Waals surface area contributed by atoms with Crippen LogP contribution in [-0.2, 0) is 6.42 Å². The van der Waals surface area contributed by atoms with Crippen LogP contribution in [0.2, 0.25) is 0 Å². The lowest BCUT2D eigenvalue weighted by Gasteiger charge is -1.97. The zero-order valence-corrected chi connectivity index (χ0v) is 7.60. The number of hydrogen-bond acceptors (Lipinski definition) is 3. The fourth-order valence-corrected chi connectivity index (χ4v) is 2.55. The van der Waals surface area contributed by atoms with Crippen molar-refractivity contribution < 1.29 is 5.21 Å². The molecule has 2 rings (SSSR count). The molecule has 0 radical (unpaired) electrons. The first kappa shape index (κ1) is 7.80. The van der Waals surface area contributed by atoms with Crippen LogP contribution < -0.4 is 0 Å². The van der Waals surface area contributed by atoms with E-state index in [0.717, 1.165) is 25.0 Å². The first-order chi connectivity index (χ1) is 5.92. The third-order valence-corrected chi connectivity index (χ3v) is 3.23. The molecule has 1 aromatic heterocycles. The molecule has 1 N–H and O–H groups in total. The van der Waals surface area contributed by atoms with Crippen molar-refractivity contribution in [3.8, 4) is 0 Å². The van der Waals surface area contributed by atoms with Crippen molar-refractivity contribution in [2.75, 3.05) is 0 Å². The Hall–Kier alpha value is -0.830. The normalized spacial score (nSPS) is 20.5. The zero-order chi connectivity index (χ0) is 8.39. The van der Waals surface area contributed by atoms with Crippen LogP contribution in [-0.4, -0.2) is 10.9 Å². The van der Waals surface area contributed by atoms with Gasteiger partial charge in [-0.3, -0.25) is 0 Å². The Balaban J connectivity index is 2.43. The highest BCUT2D eigenvalue weighted by Crippen LogP contribution is 2.25. The largest absolute Gasteiger partial charge is 0.411 e. The van der Waals surface area contributed by atoms with Crippen LogP contribution in [0.1, 0.15) is 29.7 Å². The molecule has 0 unspecified atom stereocenters. The molecule has 0 fully saturated rings. The van der Waals surface area contributed by atoms with Crippen molar-refractivity contribution in [1.82, 2.24) is 0 Å². The van der Waals surface area contributed by atoms with Gasteiger partial charge in [-0.05, 0) is 37.1 Å². The van der Waals surface area contributed by atoms with Gasteiger partial charge in [-0.25, -0.2) is 0 Å². The van der Waals surface area contributed by atoms with Crippen LogP contribution in [0.3, 0.4) is 0 Å². The Morgan fingerprint density at radius 3 is 3.00 bits per heavy atom. The summed E-state index contributed by atoms with van der Waals surface area (Å²) in [6.07, 6.45) is 4.42. The predicted octanol–water partition coefficient (Wildman–Crippen LogP) is 2.65.